The molecule has 100 valence electrons. The summed E-state index contributed by atoms with van der Waals surface area (Å²) in [5.41, 5.74) is 5.91. The van der Waals surface area contributed by atoms with Crippen LogP contribution in [0.1, 0.15) is 24.5 Å². The third-order valence-electron chi connectivity index (χ3n) is 3.09. The van der Waals surface area contributed by atoms with Gasteiger partial charge < -0.3 is 10.5 Å². The molecule has 0 radical (unpaired) electrons. The lowest BCUT2D eigenvalue weighted by molar-refractivity contribution is -0.150. The maximum Gasteiger partial charge on any atom is 0.330 e. The minimum Gasteiger partial charge on any atom is -0.464 e. The van der Waals surface area contributed by atoms with Crippen molar-refractivity contribution in [2.45, 2.75) is 25.3 Å². The maximum atomic E-state index is 13.8. The second kappa shape index (κ2) is 5.55. The zero-order valence-electron chi connectivity index (χ0n) is 9.83. The van der Waals surface area contributed by atoms with Gasteiger partial charge in [0.15, 0.2) is 0 Å². The fourth-order valence-electron chi connectivity index (χ4n) is 2.18. The van der Waals surface area contributed by atoms with Gasteiger partial charge in [0.1, 0.15) is 11.4 Å². The molecule has 0 spiro atoms. The summed E-state index contributed by atoms with van der Waals surface area (Å²) in [5.74, 6) is -0.820. The fraction of sp³-hybridized carbons (Fsp3) is 0.417. The van der Waals surface area contributed by atoms with Crippen molar-refractivity contribution >= 4 is 34.3 Å². The summed E-state index contributed by atoms with van der Waals surface area (Å²) in [6.07, 6.45) is 0.838. The van der Waals surface area contributed by atoms with Crippen molar-refractivity contribution < 1.29 is 13.9 Å². The Morgan fingerprint density at radius 3 is 2.89 bits per heavy atom. The predicted octanol–water partition coefficient (Wildman–Crippen LogP) is 2.67. The van der Waals surface area contributed by atoms with Crippen LogP contribution in [0.3, 0.4) is 0 Å². The van der Waals surface area contributed by atoms with Crippen molar-refractivity contribution in [1.29, 1.82) is 0 Å². The third-order valence-corrected chi connectivity index (χ3v) is 3.70. The molecule has 0 saturated carbocycles. The number of fused-ring (bicyclic) bond motifs is 1. The van der Waals surface area contributed by atoms with Gasteiger partial charge in [0.25, 0.3) is 0 Å². The first-order valence-electron chi connectivity index (χ1n) is 5.44. The Bertz CT molecular complexity index is 483. The van der Waals surface area contributed by atoms with E-state index in [0.717, 1.165) is 0 Å². The molecule has 0 aliphatic heterocycles. The second-order valence-electron chi connectivity index (χ2n) is 4.08. The highest BCUT2D eigenvalue weighted by molar-refractivity contribution is 9.10. The van der Waals surface area contributed by atoms with Crippen LogP contribution >= 0.6 is 28.3 Å². The zero-order valence-corrected chi connectivity index (χ0v) is 12.2. The number of benzene rings is 1. The molecule has 2 rings (SSSR count). The average Bonchev–Trinajstić information content (AvgIpc) is 2.64. The summed E-state index contributed by atoms with van der Waals surface area (Å²) >= 11 is 3.12. The molecular formula is C12H14BrClFNO2. The summed E-state index contributed by atoms with van der Waals surface area (Å²) in [6.45, 7) is 1.99. The summed E-state index contributed by atoms with van der Waals surface area (Å²) in [7, 11) is 0. The first-order chi connectivity index (χ1) is 8.00. The molecule has 0 saturated heterocycles. The molecule has 18 heavy (non-hydrogen) atoms. The summed E-state index contributed by atoms with van der Waals surface area (Å²) in [4.78, 5) is 11.8. The van der Waals surface area contributed by atoms with Crippen molar-refractivity contribution in [3.8, 4) is 0 Å². The van der Waals surface area contributed by atoms with E-state index < -0.39 is 11.5 Å². The largest absolute Gasteiger partial charge is 0.464 e. The average molecular weight is 339 g/mol. The van der Waals surface area contributed by atoms with Crippen LogP contribution in [0.4, 0.5) is 4.39 Å². The minimum absolute atomic E-state index is 0. The van der Waals surface area contributed by atoms with E-state index in [2.05, 4.69) is 15.9 Å². The summed E-state index contributed by atoms with van der Waals surface area (Å²) < 4.78 is 19.2. The Kier molecular flexibility index (Phi) is 4.75. The van der Waals surface area contributed by atoms with Gasteiger partial charge in [-0.05, 0) is 52.9 Å². The van der Waals surface area contributed by atoms with Gasteiger partial charge >= 0.3 is 5.97 Å². The number of hydrogen-bond acceptors (Lipinski definition) is 3. The molecule has 1 atom stereocenters. The number of rotatable bonds is 2. The summed E-state index contributed by atoms with van der Waals surface area (Å²) in [5, 5.41) is 0. The lowest BCUT2D eigenvalue weighted by Crippen LogP contribution is -2.44. The smallest absolute Gasteiger partial charge is 0.330 e. The molecule has 3 nitrogen and oxygen atoms in total. The highest BCUT2D eigenvalue weighted by Gasteiger charge is 2.44. The van der Waals surface area contributed by atoms with Crippen molar-refractivity contribution in [1.82, 2.24) is 0 Å². The highest BCUT2D eigenvalue weighted by atomic mass is 79.9. The van der Waals surface area contributed by atoms with E-state index in [-0.39, 0.29) is 24.8 Å². The molecule has 6 heteroatoms. The number of nitrogens with two attached hydrogens (primary N) is 1. The van der Waals surface area contributed by atoms with Crippen molar-refractivity contribution in [3.63, 3.8) is 0 Å². The lowest BCUT2D eigenvalue weighted by Gasteiger charge is -2.22. The van der Waals surface area contributed by atoms with Crippen LogP contribution in [0.25, 0.3) is 0 Å². The number of esters is 1. The van der Waals surface area contributed by atoms with Gasteiger partial charge in [0.2, 0.25) is 0 Å². The van der Waals surface area contributed by atoms with Crippen LogP contribution < -0.4 is 5.73 Å². The number of carbonyl (C=O) groups excluding carboxylic acids is 1. The summed E-state index contributed by atoms with van der Waals surface area (Å²) in [6, 6.07) is 3.26. The van der Waals surface area contributed by atoms with Crippen LogP contribution in [-0.2, 0) is 21.5 Å². The Hall–Kier alpha value is -0.650. The number of carbonyl (C=O) groups is 1. The molecule has 2 N–H and O–H groups in total. The van der Waals surface area contributed by atoms with Gasteiger partial charge in [-0.3, -0.25) is 0 Å². The molecule has 0 amide bonds. The van der Waals surface area contributed by atoms with E-state index >= 15 is 0 Å². The van der Waals surface area contributed by atoms with Gasteiger partial charge in [-0.1, -0.05) is 6.07 Å². The quantitative estimate of drug-likeness (QED) is 0.844. The van der Waals surface area contributed by atoms with Gasteiger partial charge in [0, 0.05) is 0 Å². The standard InChI is InChI=1S/C12H13BrFNO2.ClH/c1-2-17-11(16)12(15)6-5-7-8(12)3-4-9(13)10(7)14;/h3-4H,2,5-6,15H2,1H3;1H. The molecule has 1 aliphatic rings. The Balaban J connectivity index is 0.00000162. The second-order valence-corrected chi connectivity index (χ2v) is 4.93. The molecule has 0 aromatic heterocycles. The van der Waals surface area contributed by atoms with E-state index in [9.17, 15) is 9.18 Å². The van der Waals surface area contributed by atoms with Gasteiger partial charge in [0.05, 0.1) is 11.1 Å². The number of ether oxygens (including phenoxy) is 1. The van der Waals surface area contributed by atoms with Gasteiger partial charge in [-0.25, -0.2) is 9.18 Å². The van der Waals surface area contributed by atoms with Crippen molar-refractivity contribution in [3.05, 3.63) is 33.5 Å². The lowest BCUT2D eigenvalue weighted by atomic mass is 9.93. The van der Waals surface area contributed by atoms with Crippen LogP contribution in [0.15, 0.2) is 16.6 Å². The van der Waals surface area contributed by atoms with Gasteiger partial charge in [-0.2, -0.15) is 0 Å². The molecule has 1 aromatic carbocycles. The van der Waals surface area contributed by atoms with E-state index in [1.807, 2.05) is 0 Å². The highest BCUT2D eigenvalue weighted by Crippen LogP contribution is 2.39. The van der Waals surface area contributed by atoms with Crippen molar-refractivity contribution in [2.75, 3.05) is 6.61 Å². The third kappa shape index (κ3) is 2.27. The van der Waals surface area contributed by atoms with Crippen LogP contribution in [0.5, 0.6) is 0 Å². The molecule has 1 unspecified atom stereocenters. The topological polar surface area (TPSA) is 52.3 Å². The van der Waals surface area contributed by atoms with E-state index in [4.69, 9.17) is 10.5 Å². The zero-order chi connectivity index (χ0) is 12.6. The fourth-order valence-corrected chi connectivity index (χ4v) is 2.56. The normalized spacial score (nSPS) is 21.1. The van der Waals surface area contributed by atoms with Crippen LogP contribution in [-0.4, -0.2) is 12.6 Å². The maximum absolute atomic E-state index is 13.8. The molecule has 1 aliphatic carbocycles. The van der Waals surface area contributed by atoms with Crippen LogP contribution in [0.2, 0.25) is 0 Å². The van der Waals surface area contributed by atoms with Gasteiger partial charge in [-0.15, -0.1) is 12.4 Å². The van der Waals surface area contributed by atoms with E-state index in [1.54, 1.807) is 19.1 Å². The number of hydrogen-bond donors (Lipinski definition) is 1. The predicted molar refractivity (Wildman–Crippen MR) is 72.2 cm³/mol. The number of halogens is 3. The minimum atomic E-state index is -1.20. The molecule has 0 bridgehead atoms. The Morgan fingerprint density at radius 2 is 2.28 bits per heavy atom. The van der Waals surface area contributed by atoms with E-state index in [1.165, 1.54) is 0 Å². The van der Waals surface area contributed by atoms with Crippen molar-refractivity contribution in [2.24, 2.45) is 5.73 Å². The molecule has 1 aromatic rings. The molecule has 0 heterocycles. The first kappa shape index (κ1) is 15.4. The van der Waals surface area contributed by atoms with Crippen LogP contribution in [0, 0.1) is 5.82 Å². The molecular weight excluding hydrogens is 324 g/mol. The Morgan fingerprint density at radius 1 is 1.61 bits per heavy atom. The monoisotopic (exact) mass is 337 g/mol. The van der Waals surface area contributed by atoms with E-state index in [0.29, 0.717) is 28.4 Å². The SMILES string of the molecule is CCOC(=O)C1(N)CCc2c1ccc(Br)c2F.Cl. The Labute approximate surface area is 119 Å². The molecule has 0 fully saturated rings. The first-order valence-corrected chi connectivity index (χ1v) is 6.23.